The number of phenols is 1. The Morgan fingerprint density at radius 2 is 1.79 bits per heavy atom. The van der Waals surface area contributed by atoms with E-state index in [4.69, 9.17) is 5.73 Å². The summed E-state index contributed by atoms with van der Waals surface area (Å²) in [4.78, 5) is 0. The Morgan fingerprint density at radius 3 is 2.21 bits per heavy atom. The Labute approximate surface area is 85.8 Å². The molecule has 1 aromatic rings. The number of aromatic hydroxyl groups is 1. The predicted molar refractivity (Wildman–Crippen MR) is 59.6 cm³/mol. The molecule has 0 spiro atoms. The molecule has 3 N–H and O–H groups in total. The van der Waals surface area contributed by atoms with Crippen molar-refractivity contribution in [3.8, 4) is 5.75 Å². The third-order valence-corrected chi connectivity index (χ3v) is 2.44. The van der Waals surface area contributed by atoms with E-state index >= 15 is 0 Å². The first-order valence-electron chi connectivity index (χ1n) is 5.05. The highest BCUT2D eigenvalue weighted by atomic mass is 16.3. The highest BCUT2D eigenvalue weighted by Crippen LogP contribution is 2.23. The summed E-state index contributed by atoms with van der Waals surface area (Å²) >= 11 is 0. The van der Waals surface area contributed by atoms with Crippen LogP contribution in [-0.2, 0) is 6.42 Å². The fraction of sp³-hybridized carbons (Fsp3) is 0.500. The summed E-state index contributed by atoms with van der Waals surface area (Å²) in [5.41, 5.74) is 8.85. The van der Waals surface area contributed by atoms with Crippen molar-refractivity contribution in [2.75, 3.05) is 0 Å². The van der Waals surface area contributed by atoms with Gasteiger partial charge in [0.05, 0.1) is 0 Å². The van der Waals surface area contributed by atoms with Gasteiger partial charge >= 0.3 is 0 Å². The average molecular weight is 193 g/mol. The third kappa shape index (κ3) is 2.74. The van der Waals surface area contributed by atoms with Gasteiger partial charge in [0.2, 0.25) is 0 Å². The van der Waals surface area contributed by atoms with E-state index < -0.39 is 0 Å². The lowest BCUT2D eigenvalue weighted by Gasteiger charge is -2.09. The van der Waals surface area contributed by atoms with Crippen molar-refractivity contribution in [3.05, 3.63) is 28.8 Å². The molecule has 2 nitrogen and oxygen atoms in total. The first-order chi connectivity index (χ1) is 6.50. The molecule has 0 saturated heterocycles. The number of phenolic OH excluding ortho intramolecular Hbond substituents is 1. The van der Waals surface area contributed by atoms with Gasteiger partial charge in [-0.15, -0.1) is 0 Å². The first-order valence-corrected chi connectivity index (χ1v) is 5.05. The largest absolute Gasteiger partial charge is 0.507 e. The van der Waals surface area contributed by atoms with E-state index in [9.17, 15) is 5.11 Å². The van der Waals surface area contributed by atoms with Gasteiger partial charge in [-0.1, -0.05) is 12.1 Å². The van der Waals surface area contributed by atoms with Crippen molar-refractivity contribution in [2.45, 2.75) is 39.7 Å². The van der Waals surface area contributed by atoms with E-state index in [2.05, 4.69) is 0 Å². The van der Waals surface area contributed by atoms with Crippen LogP contribution in [0.3, 0.4) is 0 Å². The van der Waals surface area contributed by atoms with E-state index in [0.29, 0.717) is 5.75 Å². The Hall–Kier alpha value is -1.02. The molecule has 0 fully saturated rings. The predicted octanol–water partition coefficient (Wildman–Crippen LogP) is 2.29. The van der Waals surface area contributed by atoms with Crippen LogP contribution in [-0.4, -0.2) is 11.1 Å². The molecule has 0 saturated carbocycles. The molecule has 2 heteroatoms. The van der Waals surface area contributed by atoms with Gasteiger partial charge in [-0.3, -0.25) is 0 Å². The van der Waals surface area contributed by atoms with Gasteiger partial charge in [0, 0.05) is 6.04 Å². The van der Waals surface area contributed by atoms with Gasteiger partial charge in [-0.25, -0.2) is 0 Å². The van der Waals surface area contributed by atoms with E-state index in [-0.39, 0.29) is 6.04 Å². The summed E-state index contributed by atoms with van der Waals surface area (Å²) in [5, 5.41) is 9.58. The molecule has 0 amide bonds. The van der Waals surface area contributed by atoms with Gasteiger partial charge < -0.3 is 10.8 Å². The summed E-state index contributed by atoms with van der Waals surface area (Å²) in [6.07, 6.45) is 1.98. The quantitative estimate of drug-likeness (QED) is 0.773. The van der Waals surface area contributed by atoms with E-state index in [1.165, 1.54) is 5.56 Å². The van der Waals surface area contributed by atoms with E-state index in [1.54, 1.807) is 0 Å². The highest BCUT2D eigenvalue weighted by molar-refractivity contribution is 5.42. The van der Waals surface area contributed by atoms with Crippen LogP contribution in [0.1, 0.15) is 30.0 Å². The average Bonchev–Trinajstić information content (AvgIpc) is 2.10. The molecule has 0 aromatic heterocycles. The van der Waals surface area contributed by atoms with Crippen LogP contribution in [0.15, 0.2) is 12.1 Å². The van der Waals surface area contributed by atoms with Crippen molar-refractivity contribution in [1.82, 2.24) is 0 Å². The molecule has 14 heavy (non-hydrogen) atoms. The van der Waals surface area contributed by atoms with Crippen LogP contribution < -0.4 is 5.73 Å². The Balaban J connectivity index is 2.79. The number of nitrogens with two attached hydrogens (primary N) is 1. The summed E-state index contributed by atoms with van der Waals surface area (Å²) in [7, 11) is 0. The second-order valence-electron chi connectivity index (χ2n) is 4.09. The summed E-state index contributed by atoms with van der Waals surface area (Å²) in [5.74, 6) is 0.412. The van der Waals surface area contributed by atoms with Gasteiger partial charge in [0.25, 0.3) is 0 Å². The number of benzene rings is 1. The molecule has 1 unspecified atom stereocenters. The number of aryl methyl sites for hydroxylation is 3. The third-order valence-electron chi connectivity index (χ3n) is 2.44. The van der Waals surface area contributed by atoms with Crippen molar-refractivity contribution >= 4 is 0 Å². The Kier molecular flexibility index (Phi) is 3.53. The van der Waals surface area contributed by atoms with Crippen LogP contribution in [0.5, 0.6) is 5.75 Å². The molecule has 1 rings (SSSR count). The molecule has 0 radical (unpaired) electrons. The lowest BCUT2D eigenvalue weighted by atomic mass is 10.0. The zero-order chi connectivity index (χ0) is 10.7. The Bertz CT molecular complexity index is 295. The van der Waals surface area contributed by atoms with E-state index in [1.807, 2.05) is 32.9 Å². The molecule has 1 aromatic carbocycles. The molecular formula is C12H19NO. The minimum atomic E-state index is 0.240. The molecule has 0 aliphatic heterocycles. The normalized spacial score (nSPS) is 12.9. The van der Waals surface area contributed by atoms with Gasteiger partial charge in [0.1, 0.15) is 5.75 Å². The van der Waals surface area contributed by atoms with Crippen LogP contribution in [0.4, 0.5) is 0 Å². The standard InChI is InChI=1S/C12H19NO/c1-8-6-11(5-4-10(3)13)7-9(2)12(8)14/h6-7,10,14H,4-5,13H2,1-3H3. The lowest BCUT2D eigenvalue weighted by molar-refractivity contribution is 0.466. The molecule has 0 bridgehead atoms. The van der Waals surface area contributed by atoms with Gasteiger partial charge in [0.15, 0.2) is 0 Å². The number of rotatable bonds is 3. The fourth-order valence-electron chi connectivity index (χ4n) is 1.58. The van der Waals surface area contributed by atoms with Gasteiger partial charge in [-0.05, 0) is 50.3 Å². The molecule has 0 heterocycles. The minimum absolute atomic E-state index is 0.240. The van der Waals surface area contributed by atoms with Gasteiger partial charge in [-0.2, -0.15) is 0 Å². The summed E-state index contributed by atoms with van der Waals surface area (Å²) < 4.78 is 0. The minimum Gasteiger partial charge on any atom is -0.507 e. The topological polar surface area (TPSA) is 46.2 Å². The van der Waals surface area contributed by atoms with Crippen molar-refractivity contribution in [1.29, 1.82) is 0 Å². The fourth-order valence-corrected chi connectivity index (χ4v) is 1.58. The smallest absolute Gasteiger partial charge is 0.121 e. The van der Waals surface area contributed by atoms with Crippen LogP contribution >= 0.6 is 0 Å². The molecule has 78 valence electrons. The first kappa shape index (κ1) is 11.1. The second kappa shape index (κ2) is 4.47. The van der Waals surface area contributed by atoms with Crippen LogP contribution in [0.25, 0.3) is 0 Å². The van der Waals surface area contributed by atoms with Crippen molar-refractivity contribution in [2.24, 2.45) is 5.73 Å². The lowest BCUT2D eigenvalue weighted by Crippen LogP contribution is -2.15. The second-order valence-corrected chi connectivity index (χ2v) is 4.09. The van der Waals surface area contributed by atoms with Crippen molar-refractivity contribution < 1.29 is 5.11 Å². The van der Waals surface area contributed by atoms with Crippen molar-refractivity contribution in [3.63, 3.8) is 0 Å². The maximum Gasteiger partial charge on any atom is 0.121 e. The zero-order valence-corrected chi connectivity index (χ0v) is 9.17. The summed E-state index contributed by atoms with van der Waals surface area (Å²) in [6, 6.07) is 4.31. The number of hydrogen-bond acceptors (Lipinski definition) is 2. The summed E-state index contributed by atoms with van der Waals surface area (Å²) in [6.45, 7) is 5.87. The SMILES string of the molecule is Cc1cc(CCC(C)N)cc(C)c1O. The monoisotopic (exact) mass is 193 g/mol. The van der Waals surface area contributed by atoms with Crippen LogP contribution in [0.2, 0.25) is 0 Å². The molecular weight excluding hydrogens is 174 g/mol. The molecule has 0 aliphatic rings. The Morgan fingerprint density at radius 1 is 1.29 bits per heavy atom. The maximum absolute atomic E-state index is 9.58. The maximum atomic E-state index is 9.58. The molecule has 0 aliphatic carbocycles. The zero-order valence-electron chi connectivity index (χ0n) is 9.17. The van der Waals surface area contributed by atoms with Crippen LogP contribution in [0, 0.1) is 13.8 Å². The van der Waals surface area contributed by atoms with E-state index in [0.717, 1.165) is 24.0 Å². The highest BCUT2D eigenvalue weighted by Gasteiger charge is 2.04. The molecule has 1 atom stereocenters. The number of hydrogen-bond donors (Lipinski definition) is 2.